The van der Waals surface area contributed by atoms with E-state index < -0.39 is 5.79 Å². The molecular formula is C20H24N4O4. The van der Waals surface area contributed by atoms with Gasteiger partial charge in [0, 0.05) is 43.8 Å². The third-order valence-corrected chi connectivity index (χ3v) is 5.05. The van der Waals surface area contributed by atoms with Crippen LogP contribution in [0.1, 0.15) is 29.2 Å². The van der Waals surface area contributed by atoms with Crippen molar-refractivity contribution in [2.45, 2.75) is 25.6 Å². The molecule has 1 aromatic carbocycles. The van der Waals surface area contributed by atoms with Gasteiger partial charge >= 0.3 is 0 Å². The molecule has 2 aromatic rings. The van der Waals surface area contributed by atoms with Crippen LogP contribution in [0.4, 0.5) is 11.5 Å². The molecule has 1 aromatic heterocycles. The van der Waals surface area contributed by atoms with E-state index in [1.54, 1.807) is 32.2 Å². The van der Waals surface area contributed by atoms with Gasteiger partial charge in [-0.15, -0.1) is 0 Å². The first-order valence-electron chi connectivity index (χ1n) is 9.41. The highest BCUT2D eigenvalue weighted by molar-refractivity contribution is 6.03. The zero-order valence-electron chi connectivity index (χ0n) is 16.1. The summed E-state index contributed by atoms with van der Waals surface area (Å²) in [7, 11) is 1.59. The van der Waals surface area contributed by atoms with E-state index in [0.717, 1.165) is 31.7 Å². The number of hydrogen-bond donors (Lipinski definition) is 1. The van der Waals surface area contributed by atoms with Crippen LogP contribution in [-0.4, -0.2) is 55.1 Å². The smallest absolute Gasteiger partial charge is 0.274 e. The molecule has 3 heterocycles. The van der Waals surface area contributed by atoms with Crippen LogP contribution in [0.3, 0.4) is 0 Å². The molecular weight excluding hydrogens is 360 g/mol. The second-order valence-corrected chi connectivity index (χ2v) is 6.94. The maximum atomic E-state index is 12.7. The van der Waals surface area contributed by atoms with E-state index in [4.69, 9.17) is 14.2 Å². The van der Waals surface area contributed by atoms with E-state index in [2.05, 4.69) is 20.2 Å². The highest BCUT2D eigenvalue weighted by Crippen LogP contribution is 2.32. The van der Waals surface area contributed by atoms with Crippen LogP contribution >= 0.6 is 0 Å². The molecule has 148 valence electrons. The first-order valence-corrected chi connectivity index (χ1v) is 9.41. The first kappa shape index (κ1) is 18.6. The molecule has 2 aliphatic heterocycles. The Morgan fingerprint density at radius 1 is 1.18 bits per heavy atom. The number of methoxy groups -OCH3 is 1. The molecule has 2 fully saturated rings. The van der Waals surface area contributed by atoms with Gasteiger partial charge in [-0.05, 0) is 19.1 Å². The number of nitrogens with zero attached hydrogens (tertiary/aromatic N) is 3. The van der Waals surface area contributed by atoms with Gasteiger partial charge in [0.05, 0.1) is 20.3 Å². The summed E-state index contributed by atoms with van der Waals surface area (Å²) in [6, 6.07) is 8.95. The predicted octanol–water partition coefficient (Wildman–Crippen LogP) is 2.39. The third-order valence-electron chi connectivity index (χ3n) is 5.05. The Hall–Kier alpha value is -2.71. The molecule has 8 heteroatoms. The number of aromatic nitrogens is 2. The van der Waals surface area contributed by atoms with Crippen molar-refractivity contribution in [3.05, 3.63) is 41.9 Å². The molecule has 4 rings (SSSR count). The summed E-state index contributed by atoms with van der Waals surface area (Å²) in [4.78, 5) is 23.7. The monoisotopic (exact) mass is 384 g/mol. The molecule has 8 nitrogen and oxygen atoms in total. The van der Waals surface area contributed by atoms with E-state index in [1.807, 2.05) is 12.1 Å². The number of nitrogens with one attached hydrogen (secondary N) is 1. The fourth-order valence-corrected chi connectivity index (χ4v) is 3.59. The minimum atomic E-state index is -0.439. The number of carbonyl (C=O) groups excluding carboxylic acids is 1. The second-order valence-electron chi connectivity index (χ2n) is 6.94. The van der Waals surface area contributed by atoms with Crippen molar-refractivity contribution < 1.29 is 19.0 Å². The lowest BCUT2D eigenvalue weighted by Crippen LogP contribution is -2.45. The lowest BCUT2D eigenvalue weighted by molar-refractivity contribution is -0.169. The van der Waals surface area contributed by atoms with Crippen LogP contribution < -0.4 is 15.0 Å². The minimum absolute atomic E-state index is 0.282. The maximum absolute atomic E-state index is 12.7. The summed E-state index contributed by atoms with van der Waals surface area (Å²) >= 11 is 0. The van der Waals surface area contributed by atoms with Crippen LogP contribution in [-0.2, 0) is 9.47 Å². The van der Waals surface area contributed by atoms with Gasteiger partial charge in [0.1, 0.15) is 23.1 Å². The quantitative estimate of drug-likeness (QED) is 0.866. The minimum Gasteiger partial charge on any atom is -0.497 e. The fourth-order valence-electron chi connectivity index (χ4n) is 3.59. The average Bonchev–Trinajstić information content (AvgIpc) is 3.16. The van der Waals surface area contributed by atoms with Crippen LogP contribution in [0.2, 0.25) is 0 Å². The summed E-state index contributed by atoms with van der Waals surface area (Å²) in [6.07, 6.45) is 1.56. The Labute approximate surface area is 163 Å². The van der Waals surface area contributed by atoms with Crippen LogP contribution in [0.15, 0.2) is 30.3 Å². The van der Waals surface area contributed by atoms with Gasteiger partial charge in [-0.1, -0.05) is 6.07 Å². The van der Waals surface area contributed by atoms with Crippen molar-refractivity contribution >= 4 is 17.4 Å². The number of ether oxygens (including phenoxy) is 3. The summed E-state index contributed by atoms with van der Waals surface area (Å²) < 4.78 is 16.8. The molecule has 0 unspecified atom stereocenters. The van der Waals surface area contributed by atoms with E-state index >= 15 is 0 Å². The molecule has 0 bridgehead atoms. The van der Waals surface area contributed by atoms with Crippen LogP contribution in [0.5, 0.6) is 5.75 Å². The van der Waals surface area contributed by atoms with Crippen molar-refractivity contribution in [2.75, 3.05) is 43.6 Å². The summed E-state index contributed by atoms with van der Waals surface area (Å²) in [5.41, 5.74) is 0.983. The van der Waals surface area contributed by atoms with Gasteiger partial charge in [-0.25, -0.2) is 9.97 Å². The zero-order chi connectivity index (χ0) is 19.6. The van der Waals surface area contributed by atoms with Gasteiger partial charge in [-0.3, -0.25) is 4.79 Å². The van der Waals surface area contributed by atoms with Gasteiger partial charge in [0.15, 0.2) is 5.79 Å². The van der Waals surface area contributed by atoms with Crippen LogP contribution in [0.25, 0.3) is 0 Å². The zero-order valence-corrected chi connectivity index (χ0v) is 16.1. The lowest BCUT2D eigenvalue weighted by Gasteiger charge is -2.38. The number of piperidine rings is 1. The van der Waals surface area contributed by atoms with Crippen molar-refractivity contribution in [3.63, 3.8) is 0 Å². The van der Waals surface area contributed by atoms with Gasteiger partial charge < -0.3 is 24.4 Å². The molecule has 0 atom stereocenters. The predicted molar refractivity (Wildman–Crippen MR) is 104 cm³/mol. The van der Waals surface area contributed by atoms with Crippen molar-refractivity contribution in [3.8, 4) is 5.75 Å². The number of benzene rings is 1. The highest BCUT2D eigenvalue weighted by Gasteiger charge is 2.40. The Bertz CT molecular complexity index is 857. The SMILES string of the molecule is COc1cccc(NC(=O)c2cc(N3CCC4(CC3)OCCO4)nc(C)n2)c1. The third kappa shape index (κ3) is 3.93. The van der Waals surface area contributed by atoms with Crippen molar-refractivity contribution in [1.29, 1.82) is 0 Å². The molecule has 1 amide bonds. The fraction of sp³-hybridized carbons (Fsp3) is 0.450. The molecule has 0 aliphatic carbocycles. The number of hydrogen-bond acceptors (Lipinski definition) is 7. The summed E-state index contributed by atoms with van der Waals surface area (Å²) in [5.74, 6) is 1.26. The number of amides is 1. The average molecular weight is 384 g/mol. The molecule has 2 saturated heterocycles. The summed E-state index contributed by atoms with van der Waals surface area (Å²) in [5, 5.41) is 2.86. The molecule has 0 saturated carbocycles. The standard InChI is InChI=1S/C20H24N4O4/c1-14-21-17(19(25)23-15-4-3-5-16(12-15)26-2)13-18(22-14)24-8-6-20(7-9-24)27-10-11-28-20/h3-5,12-13H,6-11H2,1-2H3,(H,23,25). The summed E-state index contributed by atoms with van der Waals surface area (Å²) in [6.45, 7) is 4.61. The largest absolute Gasteiger partial charge is 0.497 e. The molecule has 1 spiro atoms. The van der Waals surface area contributed by atoms with E-state index in [1.165, 1.54) is 0 Å². The molecule has 28 heavy (non-hydrogen) atoms. The molecule has 1 N–H and O–H groups in total. The molecule has 2 aliphatic rings. The van der Waals surface area contributed by atoms with Gasteiger partial charge in [-0.2, -0.15) is 0 Å². The highest BCUT2D eigenvalue weighted by atomic mass is 16.7. The van der Waals surface area contributed by atoms with Crippen molar-refractivity contribution in [2.24, 2.45) is 0 Å². The number of carbonyl (C=O) groups is 1. The normalized spacial score (nSPS) is 18.3. The number of aryl methyl sites for hydroxylation is 1. The van der Waals surface area contributed by atoms with E-state index in [-0.39, 0.29) is 5.91 Å². The van der Waals surface area contributed by atoms with Gasteiger partial charge in [0.25, 0.3) is 5.91 Å². The van der Waals surface area contributed by atoms with Crippen molar-refractivity contribution in [1.82, 2.24) is 9.97 Å². The number of anilines is 2. The Balaban J connectivity index is 1.48. The Kier molecular flexibility index (Phi) is 5.15. The Morgan fingerprint density at radius 3 is 2.64 bits per heavy atom. The Morgan fingerprint density at radius 2 is 1.93 bits per heavy atom. The van der Waals surface area contributed by atoms with Crippen LogP contribution in [0, 0.1) is 6.92 Å². The van der Waals surface area contributed by atoms with Gasteiger partial charge in [0.2, 0.25) is 0 Å². The molecule has 0 radical (unpaired) electrons. The second kappa shape index (κ2) is 7.73. The first-order chi connectivity index (χ1) is 13.6. The number of rotatable bonds is 4. The lowest BCUT2D eigenvalue weighted by atomic mass is 10.0. The maximum Gasteiger partial charge on any atom is 0.274 e. The van der Waals surface area contributed by atoms with E-state index in [0.29, 0.717) is 36.2 Å². The van der Waals surface area contributed by atoms with E-state index in [9.17, 15) is 4.79 Å². The topological polar surface area (TPSA) is 85.8 Å².